The highest BCUT2D eigenvalue weighted by Crippen LogP contribution is 2.31. The first-order valence-electron chi connectivity index (χ1n) is 10.7. The Balaban J connectivity index is 1.55. The van der Waals surface area contributed by atoms with Gasteiger partial charge in [0.25, 0.3) is 0 Å². The van der Waals surface area contributed by atoms with Crippen LogP contribution in [0.3, 0.4) is 0 Å². The third-order valence-corrected chi connectivity index (χ3v) is 5.88. The number of carbonyl (C=O) groups excluding carboxylic acids is 1. The van der Waals surface area contributed by atoms with Gasteiger partial charge in [-0.2, -0.15) is 4.98 Å². The van der Waals surface area contributed by atoms with E-state index in [4.69, 9.17) is 20.2 Å². The molecule has 31 heavy (non-hydrogen) atoms. The average Bonchev–Trinajstić information content (AvgIpc) is 2.75. The van der Waals surface area contributed by atoms with Crippen LogP contribution in [0, 0.1) is 0 Å². The normalized spacial score (nSPS) is 23.2. The highest BCUT2D eigenvalue weighted by molar-refractivity contribution is 5.76. The predicted octanol–water partition coefficient (Wildman–Crippen LogP) is 1.52. The molecule has 0 bridgehead atoms. The van der Waals surface area contributed by atoms with Crippen molar-refractivity contribution in [2.24, 2.45) is 0 Å². The van der Waals surface area contributed by atoms with Crippen LogP contribution in [0.1, 0.15) is 33.1 Å². The topological polar surface area (TPSA) is 120 Å². The molecule has 1 atom stereocenters. The van der Waals surface area contributed by atoms with Gasteiger partial charge in [0.2, 0.25) is 23.7 Å². The monoisotopic (exact) mass is 427 g/mol. The number of hydrogen-bond acceptors (Lipinski definition) is 9. The molecule has 0 spiro atoms. The molecule has 1 saturated heterocycles. The first-order valence-corrected chi connectivity index (χ1v) is 10.7. The maximum Gasteiger partial charge on any atom is 0.229 e. The molecular weight excluding hydrogens is 398 g/mol. The summed E-state index contributed by atoms with van der Waals surface area (Å²) in [5, 5.41) is 0. The number of amides is 1. The van der Waals surface area contributed by atoms with E-state index in [1.807, 2.05) is 18.9 Å². The van der Waals surface area contributed by atoms with Crippen molar-refractivity contribution < 1.29 is 14.3 Å². The molecule has 2 fully saturated rings. The molecule has 1 saturated carbocycles. The van der Waals surface area contributed by atoms with Crippen molar-refractivity contribution in [1.29, 1.82) is 0 Å². The van der Waals surface area contributed by atoms with Crippen molar-refractivity contribution in [3.05, 3.63) is 18.5 Å². The molecule has 4 rings (SSSR count). The zero-order valence-electron chi connectivity index (χ0n) is 18.2. The van der Waals surface area contributed by atoms with E-state index >= 15 is 0 Å². The summed E-state index contributed by atoms with van der Waals surface area (Å²) in [7, 11) is 1.86. The lowest BCUT2D eigenvalue weighted by molar-refractivity contribution is -0.135. The van der Waals surface area contributed by atoms with Crippen LogP contribution >= 0.6 is 0 Å². The third kappa shape index (κ3) is 4.68. The third-order valence-electron chi connectivity index (χ3n) is 5.88. The average molecular weight is 428 g/mol. The van der Waals surface area contributed by atoms with Gasteiger partial charge in [0.15, 0.2) is 0 Å². The number of rotatable bonds is 6. The summed E-state index contributed by atoms with van der Waals surface area (Å²) in [4.78, 5) is 33.4. The molecule has 2 aromatic heterocycles. The lowest BCUT2D eigenvalue weighted by Crippen LogP contribution is -2.49. The second-order valence-electron chi connectivity index (χ2n) is 8.06. The number of ether oxygens (including phenoxy) is 2. The lowest BCUT2D eigenvalue weighted by atomic mass is 9.88. The first kappa shape index (κ1) is 21.2. The van der Waals surface area contributed by atoms with E-state index in [0.29, 0.717) is 43.7 Å². The van der Waals surface area contributed by atoms with E-state index in [9.17, 15) is 4.79 Å². The van der Waals surface area contributed by atoms with Crippen LogP contribution in [-0.2, 0) is 9.53 Å². The molecule has 10 nitrogen and oxygen atoms in total. The molecule has 1 aliphatic carbocycles. The SMILES string of the molecule is CCC(=O)N(C)C1CC(Oc2cc(-c3cnc(N)nc3)nc(N3CCOC[C@@H]3C)n2)C1. The Bertz CT molecular complexity index is 918. The van der Waals surface area contributed by atoms with Crippen LogP contribution < -0.4 is 15.4 Å². The Morgan fingerprint density at radius 2 is 2.06 bits per heavy atom. The summed E-state index contributed by atoms with van der Waals surface area (Å²) in [5.74, 6) is 1.46. The first-order chi connectivity index (χ1) is 14.9. The summed E-state index contributed by atoms with van der Waals surface area (Å²) in [6.07, 6.45) is 5.39. The van der Waals surface area contributed by atoms with Crippen LogP contribution in [0.4, 0.5) is 11.9 Å². The van der Waals surface area contributed by atoms with Crippen molar-refractivity contribution in [2.75, 3.05) is 37.4 Å². The zero-order valence-corrected chi connectivity index (χ0v) is 18.2. The molecule has 10 heteroatoms. The summed E-state index contributed by atoms with van der Waals surface area (Å²) in [5.41, 5.74) is 7.04. The largest absolute Gasteiger partial charge is 0.474 e. The summed E-state index contributed by atoms with van der Waals surface area (Å²) < 4.78 is 11.7. The van der Waals surface area contributed by atoms with Crippen molar-refractivity contribution >= 4 is 17.8 Å². The summed E-state index contributed by atoms with van der Waals surface area (Å²) >= 11 is 0. The molecule has 2 aromatic rings. The number of nitrogens with two attached hydrogens (primary N) is 1. The van der Waals surface area contributed by atoms with Gasteiger partial charge in [0, 0.05) is 62.9 Å². The number of anilines is 2. The number of carbonyl (C=O) groups is 1. The molecule has 1 aliphatic heterocycles. The lowest BCUT2D eigenvalue weighted by Gasteiger charge is -2.40. The number of hydrogen-bond donors (Lipinski definition) is 1. The van der Waals surface area contributed by atoms with Crippen LogP contribution in [0.5, 0.6) is 5.88 Å². The van der Waals surface area contributed by atoms with Crippen LogP contribution in [0.2, 0.25) is 0 Å². The standard InChI is InChI=1S/C21H29N7O3/c1-4-19(29)27(3)15-7-16(8-15)31-18-9-17(14-10-23-20(22)24-11-14)25-21(26-18)28-5-6-30-12-13(28)2/h9-11,13,15-16H,4-8,12H2,1-3H3,(H2,22,23,24)/t13-,15?,16?/m0/s1. The maximum atomic E-state index is 11.9. The second-order valence-corrected chi connectivity index (χ2v) is 8.06. The Labute approximate surface area is 181 Å². The summed E-state index contributed by atoms with van der Waals surface area (Å²) in [6, 6.07) is 2.17. The molecule has 0 unspecified atom stereocenters. The van der Waals surface area contributed by atoms with E-state index in [2.05, 4.69) is 26.8 Å². The van der Waals surface area contributed by atoms with Gasteiger partial charge in [-0.15, -0.1) is 0 Å². The minimum atomic E-state index is 0.0116. The van der Waals surface area contributed by atoms with E-state index in [1.165, 1.54) is 0 Å². The van der Waals surface area contributed by atoms with Crippen molar-refractivity contribution in [3.63, 3.8) is 0 Å². The van der Waals surface area contributed by atoms with E-state index in [0.717, 1.165) is 18.4 Å². The fourth-order valence-corrected chi connectivity index (χ4v) is 3.82. The van der Waals surface area contributed by atoms with Gasteiger partial charge in [-0.25, -0.2) is 15.0 Å². The predicted molar refractivity (Wildman–Crippen MR) is 116 cm³/mol. The highest BCUT2D eigenvalue weighted by atomic mass is 16.5. The second kappa shape index (κ2) is 9.01. The highest BCUT2D eigenvalue weighted by Gasteiger charge is 2.36. The van der Waals surface area contributed by atoms with Gasteiger partial charge in [-0.1, -0.05) is 6.92 Å². The quantitative estimate of drug-likeness (QED) is 0.731. The van der Waals surface area contributed by atoms with Gasteiger partial charge < -0.3 is 25.0 Å². The van der Waals surface area contributed by atoms with Crippen molar-refractivity contribution in [3.8, 4) is 17.1 Å². The Kier molecular flexibility index (Phi) is 6.17. The fourth-order valence-electron chi connectivity index (χ4n) is 3.82. The molecule has 1 amide bonds. The molecule has 2 aliphatic rings. The maximum absolute atomic E-state index is 11.9. The van der Waals surface area contributed by atoms with E-state index < -0.39 is 0 Å². The summed E-state index contributed by atoms with van der Waals surface area (Å²) in [6.45, 7) is 5.91. The number of aromatic nitrogens is 4. The molecular formula is C21H29N7O3. The number of nitrogens with zero attached hydrogens (tertiary/aromatic N) is 6. The van der Waals surface area contributed by atoms with Gasteiger partial charge >= 0.3 is 0 Å². The van der Waals surface area contributed by atoms with Crippen molar-refractivity contribution in [2.45, 2.75) is 51.3 Å². The smallest absolute Gasteiger partial charge is 0.229 e. The minimum Gasteiger partial charge on any atom is -0.474 e. The van der Waals surface area contributed by atoms with E-state index in [-0.39, 0.29) is 30.0 Å². The Morgan fingerprint density at radius 3 is 2.74 bits per heavy atom. The molecule has 0 radical (unpaired) electrons. The van der Waals surface area contributed by atoms with Gasteiger partial charge in [-0.3, -0.25) is 4.79 Å². The molecule has 0 aromatic carbocycles. The molecule has 3 heterocycles. The van der Waals surface area contributed by atoms with Gasteiger partial charge in [-0.05, 0) is 6.92 Å². The van der Waals surface area contributed by atoms with Gasteiger partial charge in [0.05, 0.1) is 24.9 Å². The number of morpholine rings is 1. The molecule has 166 valence electrons. The Morgan fingerprint density at radius 1 is 1.32 bits per heavy atom. The van der Waals surface area contributed by atoms with Crippen molar-refractivity contribution in [1.82, 2.24) is 24.8 Å². The van der Waals surface area contributed by atoms with Crippen LogP contribution in [0.15, 0.2) is 18.5 Å². The fraction of sp³-hybridized carbons (Fsp3) is 0.571. The Hall–Kier alpha value is -3.01. The molecule has 2 N–H and O–H groups in total. The zero-order chi connectivity index (χ0) is 22.0. The van der Waals surface area contributed by atoms with Crippen LogP contribution in [0.25, 0.3) is 11.3 Å². The minimum absolute atomic E-state index is 0.0116. The van der Waals surface area contributed by atoms with Gasteiger partial charge in [0.1, 0.15) is 6.10 Å². The van der Waals surface area contributed by atoms with E-state index in [1.54, 1.807) is 18.5 Å². The van der Waals surface area contributed by atoms with Crippen LogP contribution in [-0.4, -0.2) is 75.7 Å². The number of nitrogen functional groups attached to an aromatic ring is 1.